The van der Waals surface area contributed by atoms with Crippen molar-refractivity contribution in [2.75, 3.05) is 59.4 Å². The van der Waals surface area contributed by atoms with Gasteiger partial charge in [-0.15, -0.1) is 0 Å². The van der Waals surface area contributed by atoms with E-state index in [4.69, 9.17) is 0 Å². The molecule has 2 amide bonds. The number of nitrogens with zero attached hydrogens (tertiary/aromatic N) is 3. The molecule has 0 bridgehead atoms. The molecule has 19 heavy (non-hydrogen) atoms. The Labute approximate surface area is 116 Å². The van der Waals surface area contributed by atoms with E-state index in [0.29, 0.717) is 0 Å². The van der Waals surface area contributed by atoms with Gasteiger partial charge in [-0.05, 0) is 18.8 Å². The fourth-order valence-electron chi connectivity index (χ4n) is 2.76. The number of urea groups is 1. The Morgan fingerprint density at radius 3 is 2.47 bits per heavy atom. The van der Waals surface area contributed by atoms with Crippen LogP contribution in [0.4, 0.5) is 4.79 Å². The molecule has 0 radical (unpaired) electrons. The van der Waals surface area contributed by atoms with Gasteiger partial charge in [-0.2, -0.15) is 0 Å². The Morgan fingerprint density at radius 1 is 1.21 bits per heavy atom. The number of likely N-dealkylation sites (tertiary alicyclic amines) is 1. The second-order valence-corrected chi connectivity index (χ2v) is 5.97. The first-order valence-electron chi connectivity index (χ1n) is 7.60. The zero-order chi connectivity index (χ0) is 13.7. The lowest BCUT2D eigenvalue weighted by atomic mass is 10.00. The standard InChI is InChI=1S/C14H28N4O/c1-13-3-7-18(8-4-13)14(19)16(2)11-12-17-9-5-15-6-10-17/h13,15H,3-12H2,1-2H3. The van der Waals surface area contributed by atoms with Gasteiger partial charge in [0.2, 0.25) is 0 Å². The summed E-state index contributed by atoms with van der Waals surface area (Å²) in [5, 5.41) is 3.35. The molecule has 5 heteroatoms. The first-order chi connectivity index (χ1) is 9.16. The molecular formula is C14H28N4O. The molecule has 0 saturated carbocycles. The number of piperidine rings is 1. The van der Waals surface area contributed by atoms with Crippen LogP contribution in [-0.2, 0) is 0 Å². The number of carbonyl (C=O) groups is 1. The minimum atomic E-state index is 0.210. The fraction of sp³-hybridized carbons (Fsp3) is 0.929. The summed E-state index contributed by atoms with van der Waals surface area (Å²) in [4.78, 5) is 18.6. The lowest BCUT2D eigenvalue weighted by Gasteiger charge is -2.34. The summed E-state index contributed by atoms with van der Waals surface area (Å²) >= 11 is 0. The third-order valence-corrected chi connectivity index (χ3v) is 4.34. The monoisotopic (exact) mass is 268 g/mol. The predicted octanol–water partition coefficient (Wildman–Crippen LogP) is 0.675. The highest BCUT2D eigenvalue weighted by atomic mass is 16.2. The van der Waals surface area contributed by atoms with Gasteiger partial charge in [0, 0.05) is 59.4 Å². The Kier molecular flexibility index (Phi) is 5.45. The Balaban J connectivity index is 1.69. The SMILES string of the molecule is CC1CCN(C(=O)N(C)CCN2CCNCC2)CC1. The molecule has 2 fully saturated rings. The van der Waals surface area contributed by atoms with Gasteiger partial charge in [0.05, 0.1) is 0 Å². The summed E-state index contributed by atoms with van der Waals surface area (Å²) in [7, 11) is 1.93. The van der Waals surface area contributed by atoms with E-state index in [1.165, 1.54) is 0 Å². The Hall–Kier alpha value is -0.810. The molecule has 0 unspecified atom stereocenters. The number of likely N-dealkylation sites (N-methyl/N-ethyl adjacent to an activating group) is 1. The molecule has 2 saturated heterocycles. The zero-order valence-corrected chi connectivity index (χ0v) is 12.4. The molecule has 2 aliphatic heterocycles. The lowest BCUT2D eigenvalue weighted by molar-refractivity contribution is 0.135. The van der Waals surface area contributed by atoms with Gasteiger partial charge in [-0.3, -0.25) is 4.90 Å². The zero-order valence-electron chi connectivity index (χ0n) is 12.4. The molecular weight excluding hydrogens is 240 g/mol. The summed E-state index contributed by atoms with van der Waals surface area (Å²) in [5.74, 6) is 0.773. The maximum absolute atomic E-state index is 12.3. The average Bonchev–Trinajstić information content (AvgIpc) is 2.46. The molecule has 1 N–H and O–H groups in total. The largest absolute Gasteiger partial charge is 0.326 e. The van der Waals surface area contributed by atoms with Crippen LogP contribution in [0.2, 0.25) is 0 Å². The van der Waals surface area contributed by atoms with Crippen LogP contribution in [0.25, 0.3) is 0 Å². The van der Waals surface area contributed by atoms with E-state index in [9.17, 15) is 4.79 Å². The molecule has 0 aromatic rings. The first-order valence-corrected chi connectivity index (χ1v) is 7.60. The Morgan fingerprint density at radius 2 is 1.84 bits per heavy atom. The third-order valence-electron chi connectivity index (χ3n) is 4.34. The summed E-state index contributed by atoms with van der Waals surface area (Å²) in [6.45, 7) is 10.3. The summed E-state index contributed by atoms with van der Waals surface area (Å²) < 4.78 is 0. The number of hydrogen-bond donors (Lipinski definition) is 1. The molecule has 0 atom stereocenters. The topological polar surface area (TPSA) is 38.8 Å². The smallest absolute Gasteiger partial charge is 0.319 e. The first kappa shape index (κ1) is 14.6. The van der Waals surface area contributed by atoms with E-state index in [0.717, 1.165) is 71.1 Å². The number of hydrogen-bond acceptors (Lipinski definition) is 3. The summed E-state index contributed by atoms with van der Waals surface area (Å²) in [5.41, 5.74) is 0. The van der Waals surface area contributed by atoms with Gasteiger partial charge in [0.1, 0.15) is 0 Å². The number of piperazine rings is 1. The quantitative estimate of drug-likeness (QED) is 0.818. The number of amides is 2. The van der Waals surface area contributed by atoms with Gasteiger partial charge in [-0.1, -0.05) is 6.92 Å². The van der Waals surface area contributed by atoms with Gasteiger partial charge in [0.15, 0.2) is 0 Å². The van der Waals surface area contributed by atoms with Crippen molar-refractivity contribution in [3.63, 3.8) is 0 Å². The molecule has 0 spiro atoms. The highest BCUT2D eigenvalue weighted by Crippen LogP contribution is 2.16. The van der Waals surface area contributed by atoms with Crippen molar-refractivity contribution in [3.8, 4) is 0 Å². The van der Waals surface area contributed by atoms with Crippen LogP contribution in [-0.4, -0.2) is 80.1 Å². The van der Waals surface area contributed by atoms with E-state index in [-0.39, 0.29) is 6.03 Å². The fourth-order valence-corrected chi connectivity index (χ4v) is 2.76. The van der Waals surface area contributed by atoms with Crippen molar-refractivity contribution in [2.24, 2.45) is 5.92 Å². The van der Waals surface area contributed by atoms with E-state index in [1.54, 1.807) is 0 Å². The van der Waals surface area contributed by atoms with Gasteiger partial charge >= 0.3 is 6.03 Å². The second kappa shape index (κ2) is 7.10. The normalized spacial score (nSPS) is 22.5. The molecule has 0 aromatic heterocycles. The van der Waals surface area contributed by atoms with Crippen LogP contribution in [0.3, 0.4) is 0 Å². The van der Waals surface area contributed by atoms with Crippen LogP contribution in [0, 0.1) is 5.92 Å². The minimum absolute atomic E-state index is 0.210. The van der Waals surface area contributed by atoms with Gasteiger partial charge < -0.3 is 15.1 Å². The molecule has 0 aromatic carbocycles. The summed E-state index contributed by atoms with van der Waals surface area (Å²) in [6, 6.07) is 0.210. The molecule has 0 aliphatic carbocycles. The van der Waals surface area contributed by atoms with Crippen LogP contribution in [0.1, 0.15) is 19.8 Å². The predicted molar refractivity (Wildman–Crippen MR) is 77.3 cm³/mol. The average molecular weight is 268 g/mol. The van der Waals surface area contributed by atoms with Gasteiger partial charge in [0.25, 0.3) is 0 Å². The van der Waals surface area contributed by atoms with Crippen LogP contribution in [0.15, 0.2) is 0 Å². The molecule has 110 valence electrons. The number of nitrogens with one attached hydrogen (secondary N) is 1. The van der Waals surface area contributed by atoms with Gasteiger partial charge in [-0.25, -0.2) is 4.79 Å². The van der Waals surface area contributed by atoms with E-state index in [2.05, 4.69) is 17.1 Å². The maximum atomic E-state index is 12.3. The van der Waals surface area contributed by atoms with Crippen LogP contribution >= 0.6 is 0 Å². The highest BCUT2D eigenvalue weighted by Gasteiger charge is 2.23. The molecule has 2 heterocycles. The Bertz CT molecular complexity index is 283. The molecule has 2 aliphatic rings. The number of carbonyl (C=O) groups excluding carboxylic acids is 1. The highest BCUT2D eigenvalue weighted by molar-refractivity contribution is 5.74. The van der Waals surface area contributed by atoms with E-state index in [1.807, 2.05) is 16.8 Å². The van der Waals surface area contributed by atoms with Crippen molar-refractivity contribution >= 4 is 6.03 Å². The summed E-state index contributed by atoms with van der Waals surface area (Å²) in [6.07, 6.45) is 2.30. The molecule has 5 nitrogen and oxygen atoms in total. The van der Waals surface area contributed by atoms with Crippen molar-refractivity contribution in [3.05, 3.63) is 0 Å². The maximum Gasteiger partial charge on any atom is 0.319 e. The third kappa shape index (κ3) is 4.35. The van der Waals surface area contributed by atoms with E-state index < -0.39 is 0 Å². The van der Waals surface area contributed by atoms with Crippen molar-refractivity contribution in [1.82, 2.24) is 20.0 Å². The second-order valence-electron chi connectivity index (χ2n) is 5.97. The van der Waals surface area contributed by atoms with E-state index >= 15 is 0 Å². The van der Waals surface area contributed by atoms with Crippen molar-refractivity contribution in [1.29, 1.82) is 0 Å². The number of rotatable bonds is 3. The van der Waals surface area contributed by atoms with Crippen molar-refractivity contribution in [2.45, 2.75) is 19.8 Å². The van der Waals surface area contributed by atoms with Crippen LogP contribution in [0.5, 0.6) is 0 Å². The van der Waals surface area contributed by atoms with Crippen LogP contribution < -0.4 is 5.32 Å². The minimum Gasteiger partial charge on any atom is -0.326 e. The lowest BCUT2D eigenvalue weighted by Crippen LogP contribution is -2.49. The molecule has 2 rings (SSSR count). The van der Waals surface area contributed by atoms with Crippen molar-refractivity contribution < 1.29 is 4.79 Å².